The van der Waals surface area contributed by atoms with Crippen LogP contribution >= 0.6 is 11.3 Å². The molecule has 2 heterocycles. The number of amides is 1. The van der Waals surface area contributed by atoms with E-state index in [1.807, 2.05) is 18.5 Å². The Labute approximate surface area is 106 Å². The number of thiophene rings is 1. The van der Waals surface area contributed by atoms with Crippen LogP contribution in [0.1, 0.15) is 23.2 Å². The first-order valence-corrected chi connectivity index (χ1v) is 6.82. The van der Waals surface area contributed by atoms with Crippen LogP contribution in [0.15, 0.2) is 11.4 Å². The molecule has 0 saturated carbocycles. The molecule has 17 heavy (non-hydrogen) atoms. The summed E-state index contributed by atoms with van der Waals surface area (Å²) in [6.07, 6.45) is 2.09. The third-order valence-electron chi connectivity index (χ3n) is 3.16. The first-order valence-electron chi connectivity index (χ1n) is 5.94. The summed E-state index contributed by atoms with van der Waals surface area (Å²) in [5.74, 6) is 0.0531. The van der Waals surface area contributed by atoms with E-state index in [0.29, 0.717) is 6.04 Å². The number of piperidine rings is 1. The maximum Gasteiger partial charge on any atom is 0.252 e. The molecule has 0 unspecified atom stereocenters. The number of carbonyl (C=O) groups excluding carboxylic acids is 1. The molecule has 0 bridgehead atoms. The predicted octanol–water partition coefficient (Wildman–Crippen LogP) is 1.61. The number of nitrogens with zero attached hydrogens (tertiary/aromatic N) is 1. The van der Waals surface area contributed by atoms with Gasteiger partial charge in [0.15, 0.2) is 0 Å². The zero-order valence-electron chi connectivity index (χ0n) is 10.3. The standard InChI is InChI=1S/C12H19N3OS/c1-13-11-7-9(8-17-11)12(16)14-10-3-5-15(2)6-4-10/h7-8,10,13H,3-6H2,1-2H3,(H,14,16). The lowest BCUT2D eigenvalue weighted by Crippen LogP contribution is -2.43. The Morgan fingerprint density at radius 2 is 2.18 bits per heavy atom. The normalized spacial score (nSPS) is 18.0. The molecule has 1 fully saturated rings. The lowest BCUT2D eigenvalue weighted by Gasteiger charge is -2.29. The van der Waals surface area contributed by atoms with Gasteiger partial charge >= 0.3 is 0 Å². The van der Waals surface area contributed by atoms with Gasteiger partial charge in [0.1, 0.15) is 0 Å². The molecule has 1 aromatic heterocycles. The van der Waals surface area contributed by atoms with E-state index in [4.69, 9.17) is 0 Å². The third-order valence-corrected chi connectivity index (χ3v) is 4.11. The highest BCUT2D eigenvalue weighted by molar-refractivity contribution is 7.14. The number of hydrogen-bond donors (Lipinski definition) is 2. The van der Waals surface area contributed by atoms with E-state index in [0.717, 1.165) is 36.5 Å². The lowest BCUT2D eigenvalue weighted by molar-refractivity contribution is 0.0917. The van der Waals surface area contributed by atoms with Crippen molar-refractivity contribution < 1.29 is 4.79 Å². The highest BCUT2D eigenvalue weighted by Crippen LogP contribution is 2.20. The minimum Gasteiger partial charge on any atom is -0.380 e. The topological polar surface area (TPSA) is 44.4 Å². The summed E-state index contributed by atoms with van der Waals surface area (Å²) >= 11 is 1.56. The summed E-state index contributed by atoms with van der Waals surface area (Å²) in [7, 11) is 3.99. The van der Waals surface area contributed by atoms with E-state index in [1.54, 1.807) is 11.3 Å². The molecule has 4 nitrogen and oxygen atoms in total. The molecule has 94 valence electrons. The van der Waals surface area contributed by atoms with Crippen molar-refractivity contribution in [2.45, 2.75) is 18.9 Å². The first kappa shape index (κ1) is 12.4. The summed E-state index contributed by atoms with van der Waals surface area (Å²) in [5.41, 5.74) is 0.762. The van der Waals surface area contributed by atoms with Gasteiger partial charge in [0.2, 0.25) is 0 Å². The van der Waals surface area contributed by atoms with Crippen LogP contribution in [0.2, 0.25) is 0 Å². The van der Waals surface area contributed by atoms with Gasteiger partial charge in [-0.25, -0.2) is 0 Å². The molecule has 2 N–H and O–H groups in total. The Kier molecular flexibility index (Phi) is 4.02. The minimum absolute atomic E-state index is 0.0531. The van der Waals surface area contributed by atoms with Crippen LogP contribution < -0.4 is 10.6 Å². The second kappa shape index (κ2) is 5.51. The summed E-state index contributed by atoms with van der Waals surface area (Å²) in [4.78, 5) is 14.3. The van der Waals surface area contributed by atoms with Crippen LogP contribution in [-0.4, -0.2) is 44.0 Å². The van der Waals surface area contributed by atoms with Crippen molar-refractivity contribution in [2.24, 2.45) is 0 Å². The Hall–Kier alpha value is -1.07. The summed E-state index contributed by atoms with van der Waals surface area (Å²) in [5, 5.41) is 9.08. The molecule has 0 spiro atoms. The summed E-state index contributed by atoms with van der Waals surface area (Å²) in [6, 6.07) is 2.23. The Balaban J connectivity index is 1.88. The van der Waals surface area contributed by atoms with Gasteiger partial charge in [-0.15, -0.1) is 11.3 Å². The Morgan fingerprint density at radius 3 is 2.76 bits per heavy atom. The van der Waals surface area contributed by atoms with Crippen LogP contribution in [-0.2, 0) is 0 Å². The fourth-order valence-corrected chi connectivity index (χ4v) is 2.75. The summed E-state index contributed by atoms with van der Waals surface area (Å²) < 4.78 is 0. The van der Waals surface area contributed by atoms with Crippen molar-refractivity contribution in [3.8, 4) is 0 Å². The minimum atomic E-state index is 0.0531. The highest BCUT2D eigenvalue weighted by Gasteiger charge is 2.19. The largest absolute Gasteiger partial charge is 0.380 e. The number of hydrogen-bond acceptors (Lipinski definition) is 4. The quantitative estimate of drug-likeness (QED) is 0.860. The van der Waals surface area contributed by atoms with Gasteiger partial charge in [-0.3, -0.25) is 4.79 Å². The van der Waals surface area contributed by atoms with E-state index in [-0.39, 0.29) is 5.91 Å². The fraction of sp³-hybridized carbons (Fsp3) is 0.583. The molecule has 1 saturated heterocycles. The average molecular weight is 253 g/mol. The zero-order chi connectivity index (χ0) is 12.3. The van der Waals surface area contributed by atoms with E-state index in [9.17, 15) is 4.79 Å². The van der Waals surface area contributed by atoms with Crippen molar-refractivity contribution in [1.29, 1.82) is 0 Å². The van der Waals surface area contributed by atoms with E-state index in [1.165, 1.54) is 0 Å². The van der Waals surface area contributed by atoms with Crippen molar-refractivity contribution in [3.63, 3.8) is 0 Å². The molecule has 0 atom stereocenters. The Morgan fingerprint density at radius 1 is 1.47 bits per heavy atom. The predicted molar refractivity (Wildman–Crippen MR) is 71.9 cm³/mol. The van der Waals surface area contributed by atoms with Gasteiger partial charge in [-0.1, -0.05) is 0 Å². The molecule has 1 amide bonds. The number of carbonyl (C=O) groups is 1. The molecule has 0 aromatic carbocycles. The molecule has 1 aliphatic heterocycles. The van der Waals surface area contributed by atoms with Gasteiger partial charge in [-0.2, -0.15) is 0 Å². The zero-order valence-corrected chi connectivity index (χ0v) is 11.1. The number of rotatable bonds is 3. The van der Waals surface area contributed by atoms with Crippen LogP contribution in [0.5, 0.6) is 0 Å². The monoisotopic (exact) mass is 253 g/mol. The van der Waals surface area contributed by atoms with Gasteiger partial charge < -0.3 is 15.5 Å². The van der Waals surface area contributed by atoms with E-state index >= 15 is 0 Å². The average Bonchev–Trinajstić information content (AvgIpc) is 2.81. The van der Waals surface area contributed by atoms with E-state index < -0.39 is 0 Å². The molecular formula is C12H19N3OS. The van der Waals surface area contributed by atoms with Gasteiger partial charge in [0.25, 0.3) is 5.91 Å². The molecular weight excluding hydrogens is 234 g/mol. The highest BCUT2D eigenvalue weighted by atomic mass is 32.1. The van der Waals surface area contributed by atoms with Crippen molar-refractivity contribution >= 4 is 22.2 Å². The molecule has 0 radical (unpaired) electrons. The van der Waals surface area contributed by atoms with Crippen molar-refractivity contribution in [2.75, 3.05) is 32.5 Å². The van der Waals surface area contributed by atoms with Gasteiger partial charge in [0.05, 0.1) is 10.6 Å². The third kappa shape index (κ3) is 3.20. The SMILES string of the molecule is CNc1cc(C(=O)NC2CCN(C)CC2)cs1. The number of likely N-dealkylation sites (tertiary alicyclic amines) is 1. The number of anilines is 1. The van der Waals surface area contributed by atoms with Crippen LogP contribution in [0.25, 0.3) is 0 Å². The smallest absolute Gasteiger partial charge is 0.252 e. The van der Waals surface area contributed by atoms with Crippen molar-refractivity contribution in [3.05, 3.63) is 17.0 Å². The van der Waals surface area contributed by atoms with E-state index in [2.05, 4.69) is 22.6 Å². The lowest BCUT2D eigenvalue weighted by atomic mass is 10.1. The van der Waals surface area contributed by atoms with Crippen LogP contribution in [0.4, 0.5) is 5.00 Å². The van der Waals surface area contributed by atoms with Gasteiger partial charge in [-0.05, 0) is 39.0 Å². The molecule has 1 aliphatic rings. The van der Waals surface area contributed by atoms with Crippen LogP contribution in [0.3, 0.4) is 0 Å². The first-order chi connectivity index (χ1) is 8.19. The maximum absolute atomic E-state index is 12.0. The van der Waals surface area contributed by atoms with Crippen molar-refractivity contribution in [1.82, 2.24) is 10.2 Å². The molecule has 0 aliphatic carbocycles. The summed E-state index contributed by atoms with van der Waals surface area (Å²) in [6.45, 7) is 2.13. The van der Waals surface area contributed by atoms with Crippen LogP contribution in [0, 0.1) is 0 Å². The molecule has 1 aromatic rings. The second-order valence-corrected chi connectivity index (χ2v) is 5.41. The molecule has 5 heteroatoms. The maximum atomic E-state index is 12.0. The fourth-order valence-electron chi connectivity index (χ4n) is 2.01. The van der Waals surface area contributed by atoms with Gasteiger partial charge in [0, 0.05) is 18.5 Å². The molecule has 2 rings (SSSR count). The number of nitrogens with one attached hydrogen (secondary N) is 2. The Bertz CT molecular complexity index is 383. The second-order valence-electron chi connectivity index (χ2n) is 4.50.